The van der Waals surface area contributed by atoms with Gasteiger partial charge in [0.2, 0.25) is 0 Å². The van der Waals surface area contributed by atoms with E-state index in [4.69, 9.17) is 19.9 Å². The molecule has 0 aliphatic heterocycles. The predicted octanol–water partition coefficient (Wildman–Crippen LogP) is 3.33. The predicted molar refractivity (Wildman–Crippen MR) is 130 cm³/mol. The number of nitrogens with one attached hydrogen (secondary N) is 1. The second-order valence-corrected chi connectivity index (χ2v) is 7.46. The second kappa shape index (κ2) is 12.9. The second-order valence-electron chi connectivity index (χ2n) is 7.46. The molecule has 35 heavy (non-hydrogen) atoms. The van der Waals surface area contributed by atoms with Crippen LogP contribution < -0.4 is 15.8 Å². The highest BCUT2D eigenvalue weighted by Gasteiger charge is 2.13. The van der Waals surface area contributed by atoms with E-state index in [-0.39, 0.29) is 25.7 Å². The average molecular weight is 478 g/mol. The van der Waals surface area contributed by atoms with Gasteiger partial charge in [-0.05, 0) is 59.5 Å². The smallest absolute Gasteiger partial charge is 0.344 e. The Bertz CT molecular complexity index is 1170. The third-order valence-electron chi connectivity index (χ3n) is 4.85. The molecule has 0 radical (unpaired) electrons. The highest BCUT2D eigenvalue weighted by molar-refractivity contribution is 6.05. The zero-order valence-corrected chi connectivity index (χ0v) is 19.4. The van der Waals surface area contributed by atoms with Gasteiger partial charge in [-0.15, -0.1) is 0 Å². The molecule has 0 saturated carbocycles. The molecule has 182 valence electrons. The van der Waals surface area contributed by atoms with Crippen LogP contribution >= 0.6 is 0 Å². The van der Waals surface area contributed by atoms with Crippen LogP contribution in [0.25, 0.3) is 11.1 Å². The van der Waals surface area contributed by atoms with E-state index in [9.17, 15) is 14.4 Å². The van der Waals surface area contributed by atoms with Gasteiger partial charge in [0.05, 0.1) is 6.61 Å². The van der Waals surface area contributed by atoms with Crippen LogP contribution in [0, 0.1) is 0 Å². The molecule has 0 fully saturated rings. The molecule has 0 saturated heterocycles. The molecule has 0 aliphatic rings. The summed E-state index contributed by atoms with van der Waals surface area (Å²) in [7, 11) is 0. The van der Waals surface area contributed by atoms with Crippen molar-refractivity contribution in [2.45, 2.75) is 19.9 Å². The Morgan fingerprint density at radius 2 is 1.71 bits per heavy atom. The number of carbonyl (C=O) groups excluding carboxylic acids is 3. The molecule has 1 amide bonds. The van der Waals surface area contributed by atoms with Gasteiger partial charge >= 0.3 is 11.9 Å². The summed E-state index contributed by atoms with van der Waals surface area (Å²) >= 11 is 0. The minimum Gasteiger partial charge on any atom is -0.482 e. The van der Waals surface area contributed by atoms with Crippen molar-refractivity contribution in [3.05, 3.63) is 78.1 Å². The lowest BCUT2D eigenvalue weighted by atomic mass is 9.96. The molecule has 3 aromatic rings. The van der Waals surface area contributed by atoms with Crippen molar-refractivity contribution in [2.24, 2.45) is 5.73 Å². The summed E-state index contributed by atoms with van der Waals surface area (Å²) in [6.07, 6.45) is 3.87. The zero-order valence-electron chi connectivity index (χ0n) is 19.4. The molecule has 2 aromatic carbocycles. The van der Waals surface area contributed by atoms with Crippen LogP contribution in [0.3, 0.4) is 0 Å². The van der Waals surface area contributed by atoms with Crippen LogP contribution in [-0.4, -0.2) is 42.7 Å². The monoisotopic (exact) mass is 477 g/mol. The van der Waals surface area contributed by atoms with Crippen LogP contribution in [0.4, 0.5) is 5.69 Å². The number of esters is 2. The molecule has 9 heteroatoms. The Kier molecular flexibility index (Phi) is 9.32. The summed E-state index contributed by atoms with van der Waals surface area (Å²) in [6.45, 7) is 1.58. The molecule has 0 aliphatic carbocycles. The summed E-state index contributed by atoms with van der Waals surface area (Å²) in [6, 6.07) is 15.7. The van der Waals surface area contributed by atoms with Gasteiger partial charge in [-0.2, -0.15) is 0 Å². The molecule has 0 unspecified atom stereocenters. The minimum absolute atomic E-state index is 0.270. The van der Waals surface area contributed by atoms with Crippen molar-refractivity contribution >= 4 is 23.5 Å². The Morgan fingerprint density at radius 1 is 0.943 bits per heavy atom. The summed E-state index contributed by atoms with van der Waals surface area (Å²) in [5.41, 5.74) is 9.38. The Hall–Kier alpha value is -4.24. The normalized spacial score (nSPS) is 10.3. The van der Waals surface area contributed by atoms with Crippen LogP contribution in [-0.2, 0) is 25.6 Å². The Morgan fingerprint density at radius 3 is 2.46 bits per heavy atom. The van der Waals surface area contributed by atoms with Crippen LogP contribution in [0.2, 0.25) is 0 Å². The number of carbonyl (C=O) groups is 3. The summed E-state index contributed by atoms with van der Waals surface area (Å²) in [4.78, 5) is 40.0. The maximum atomic E-state index is 12.7. The summed E-state index contributed by atoms with van der Waals surface area (Å²) in [5, 5.41) is 2.83. The average Bonchev–Trinajstić information content (AvgIpc) is 2.89. The first kappa shape index (κ1) is 25.4. The van der Waals surface area contributed by atoms with E-state index in [0.717, 1.165) is 16.7 Å². The number of anilines is 1. The van der Waals surface area contributed by atoms with Gasteiger partial charge in [-0.3, -0.25) is 9.78 Å². The van der Waals surface area contributed by atoms with Gasteiger partial charge in [0.25, 0.3) is 5.91 Å². The van der Waals surface area contributed by atoms with E-state index in [1.54, 1.807) is 60.9 Å². The summed E-state index contributed by atoms with van der Waals surface area (Å²) < 4.78 is 15.2. The third-order valence-corrected chi connectivity index (χ3v) is 4.85. The lowest BCUT2D eigenvalue weighted by molar-refractivity contribution is -0.159. The highest BCUT2D eigenvalue weighted by atomic mass is 16.6. The number of aromatic nitrogens is 1. The molecule has 0 atom stereocenters. The number of nitrogens with zero attached hydrogens (tertiary/aromatic N) is 1. The van der Waals surface area contributed by atoms with Gasteiger partial charge in [-0.1, -0.05) is 25.1 Å². The number of nitrogens with two attached hydrogens (primary N) is 1. The first-order valence-corrected chi connectivity index (χ1v) is 11.1. The number of pyridine rings is 1. The van der Waals surface area contributed by atoms with Crippen molar-refractivity contribution < 1.29 is 28.6 Å². The van der Waals surface area contributed by atoms with Gasteiger partial charge in [-0.25, -0.2) is 9.59 Å². The molecule has 0 spiro atoms. The fourth-order valence-corrected chi connectivity index (χ4v) is 3.14. The standard InChI is InChI=1S/C26H27N3O6/c1-2-12-33-24(30)17-35-25(31)16-34-22-5-3-4-18(13-22)23-14-19(6-7-20(23)15-27)26(32)29-21-8-10-28-11-9-21/h3-11,13-14H,2,12,15-17,27H2,1H3,(H,28,29,32). The van der Waals surface area contributed by atoms with Crippen LogP contribution in [0.15, 0.2) is 67.0 Å². The van der Waals surface area contributed by atoms with E-state index < -0.39 is 18.5 Å². The quantitative estimate of drug-likeness (QED) is 0.402. The van der Waals surface area contributed by atoms with E-state index in [2.05, 4.69) is 10.3 Å². The highest BCUT2D eigenvalue weighted by Crippen LogP contribution is 2.28. The number of ether oxygens (including phenoxy) is 3. The molecule has 9 nitrogen and oxygen atoms in total. The van der Waals surface area contributed by atoms with Crippen LogP contribution in [0.5, 0.6) is 5.75 Å². The van der Waals surface area contributed by atoms with Crippen molar-refractivity contribution in [3.8, 4) is 16.9 Å². The van der Waals surface area contributed by atoms with Gasteiger partial charge in [0.15, 0.2) is 13.2 Å². The van der Waals surface area contributed by atoms with Crippen molar-refractivity contribution in [2.75, 3.05) is 25.1 Å². The molecule has 1 aromatic heterocycles. The van der Waals surface area contributed by atoms with E-state index >= 15 is 0 Å². The zero-order chi connectivity index (χ0) is 25.0. The molecule has 3 rings (SSSR count). The minimum atomic E-state index is -0.693. The maximum Gasteiger partial charge on any atom is 0.344 e. The Labute approximate surface area is 203 Å². The number of amides is 1. The van der Waals surface area contributed by atoms with Gasteiger partial charge in [0, 0.05) is 30.2 Å². The summed E-state index contributed by atoms with van der Waals surface area (Å²) in [5.74, 6) is -1.15. The largest absolute Gasteiger partial charge is 0.482 e. The van der Waals surface area contributed by atoms with E-state index in [1.807, 2.05) is 13.0 Å². The third kappa shape index (κ3) is 7.65. The molecular weight excluding hydrogens is 450 g/mol. The lowest BCUT2D eigenvalue weighted by Gasteiger charge is -2.13. The first-order chi connectivity index (χ1) is 17.0. The van der Waals surface area contributed by atoms with E-state index in [0.29, 0.717) is 23.4 Å². The molecular formula is C26H27N3O6. The number of benzene rings is 2. The van der Waals surface area contributed by atoms with Gasteiger partial charge in [0.1, 0.15) is 5.75 Å². The fraction of sp³-hybridized carbons (Fsp3) is 0.231. The SMILES string of the molecule is CCCOC(=O)COC(=O)COc1cccc(-c2cc(C(=O)Nc3ccncc3)ccc2CN)c1. The Balaban J connectivity index is 1.68. The van der Waals surface area contributed by atoms with E-state index in [1.165, 1.54) is 0 Å². The maximum absolute atomic E-state index is 12.7. The van der Waals surface area contributed by atoms with Crippen LogP contribution in [0.1, 0.15) is 29.3 Å². The molecule has 3 N–H and O–H groups in total. The molecule has 1 heterocycles. The topological polar surface area (TPSA) is 130 Å². The first-order valence-electron chi connectivity index (χ1n) is 11.1. The van der Waals surface area contributed by atoms with Crippen molar-refractivity contribution in [1.29, 1.82) is 0 Å². The molecule has 0 bridgehead atoms. The fourth-order valence-electron chi connectivity index (χ4n) is 3.14. The van der Waals surface area contributed by atoms with Crippen molar-refractivity contribution in [3.63, 3.8) is 0 Å². The lowest BCUT2D eigenvalue weighted by Crippen LogP contribution is -2.21. The number of hydrogen-bond acceptors (Lipinski definition) is 8. The number of rotatable bonds is 11. The van der Waals surface area contributed by atoms with Crippen molar-refractivity contribution in [1.82, 2.24) is 4.98 Å². The van der Waals surface area contributed by atoms with Gasteiger partial charge < -0.3 is 25.3 Å². The number of hydrogen-bond donors (Lipinski definition) is 2.